The van der Waals surface area contributed by atoms with Crippen molar-refractivity contribution in [1.82, 2.24) is 24.6 Å². The van der Waals surface area contributed by atoms with Gasteiger partial charge in [0.2, 0.25) is 11.8 Å². The van der Waals surface area contributed by atoms with E-state index in [2.05, 4.69) is 36.6 Å². The Hall–Kier alpha value is -4.03. The maximum atomic E-state index is 15.8. The van der Waals surface area contributed by atoms with Crippen LogP contribution in [-0.2, 0) is 17.1 Å². The summed E-state index contributed by atoms with van der Waals surface area (Å²) in [4.78, 5) is 12.7. The van der Waals surface area contributed by atoms with E-state index in [0.717, 1.165) is 37.4 Å². The summed E-state index contributed by atoms with van der Waals surface area (Å²) in [7, 11) is -0.389. The lowest BCUT2D eigenvalue weighted by Gasteiger charge is -2.34. The molecule has 12 heteroatoms. The summed E-state index contributed by atoms with van der Waals surface area (Å²) in [6, 6.07) is 14.4. The molecule has 1 aliphatic heterocycles. The Morgan fingerprint density at radius 3 is 2.47 bits per heavy atom. The second-order valence-electron chi connectivity index (χ2n) is 9.17. The third kappa shape index (κ3) is 5.46. The Morgan fingerprint density at radius 1 is 1.00 bits per heavy atom. The smallest absolute Gasteiger partial charge is 0.267 e. The number of anilines is 2. The molecule has 198 valence electrons. The number of ether oxygens (including phenoxy) is 1. The molecule has 0 saturated carbocycles. The lowest BCUT2D eigenvalue weighted by Crippen LogP contribution is -2.44. The molecule has 0 radical (unpaired) electrons. The van der Waals surface area contributed by atoms with Crippen molar-refractivity contribution in [2.24, 2.45) is 7.05 Å². The van der Waals surface area contributed by atoms with Crippen molar-refractivity contribution in [2.45, 2.75) is 11.8 Å². The summed E-state index contributed by atoms with van der Waals surface area (Å²) in [5.74, 6) is -1.14. The van der Waals surface area contributed by atoms with Crippen LogP contribution < -0.4 is 14.4 Å². The second-order valence-corrected chi connectivity index (χ2v) is 10.9. The van der Waals surface area contributed by atoms with E-state index >= 15 is 4.39 Å². The van der Waals surface area contributed by atoms with Crippen molar-refractivity contribution in [3.8, 4) is 22.9 Å². The number of nitrogens with one attached hydrogen (secondary N) is 1. The Morgan fingerprint density at radius 2 is 1.76 bits per heavy atom. The van der Waals surface area contributed by atoms with Crippen LogP contribution in [0.4, 0.5) is 16.0 Å². The first kappa shape index (κ1) is 25.6. The van der Waals surface area contributed by atoms with Gasteiger partial charge in [0.05, 0.1) is 6.20 Å². The monoisotopic (exact) mass is 537 g/mol. The van der Waals surface area contributed by atoms with E-state index in [1.807, 2.05) is 37.3 Å². The van der Waals surface area contributed by atoms with E-state index in [4.69, 9.17) is 4.74 Å². The van der Waals surface area contributed by atoms with Crippen molar-refractivity contribution in [3.63, 3.8) is 0 Å². The SMILES string of the molecule is Cc1ccccc1-c1nc(NS(=O)(=O)c2cnn(C)c2)nc(Oc2cccc(N3CCN(C)CC3)c2)c1F. The molecule has 2 aromatic heterocycles. The van der Waals surface area contributed by atoms with E-state index in [1.165, 1.54) is 17.1 Å². The molecule has 0 unspecified atom stereocenters. The Kier molecular flexibility index (Phi) is 7.00. The number of hydrogen-bond acceptors (Lipinski definition) is 8. The molecule has 0 spiro atoms. The number of sulfonamides is 1. The van der Waals surface area contributed by atoms with Gasteiger partial charge >= 0.3 is 0 Å². The van der Waals surface area contributed by atoms with Gasteiger partial charge in [0.25, 0.3) is 15.9 Å². The number of piperazine rings is 1. The molecule has 0 aliphatic carbocycles. The van der Waals surface area contributed by atoms with Gasteiger partial charge in [-0.15, -0.1) is 0 Å². The lowest BCUT2D eigenvalue weighted by atomic mass is 10.1. The fourth-order valence-electron chi connectivity index (χ4n) is 4.19. The van der Waals surface area contributed by atoms with Crippen molar-refractivity contribution in [3.05, 3.63) is 72.3 Å². The molecule has 10 nitrogen and oxygen atoms in total. The van der Waals surface area contributed by atoms with Gasteiger partial charge in [-0.3, -0.25) is 4.68 Å². The van der Waals surface area contributed by atoms with E-state index in [-0.39, 0.29) is 16.5 Å². The third-order valence-electron chi connectivity index (χ3n) is 6.34. The highest BCUT2D eigenvalue weighted by Crippen LogP contribution is 2.33. The van der Waals surface area contributed by atoms with Gasteiger partial charge in [-0.1, -0.05) is 30.3 Å². The fraction of sp³-hybridized carbons (Fsp3) is 0.269. The Balaban J connectivity index is 1.52. The molecule has 0 amide bonds. The van der Waals surface area contributed by atoms with Crippen LogP contribution in [0.15, 0.2) is 65.8 Å². The fourth-order valence-corrected chi connectivity index (χ4v) is 5.12. The maximum absolute atomic E-state index is 15.8. The highest BCUT2D eigenvalue weighted by Gasteiger charge is 2.24. The van der Waals surface area contributed by atoms with Gasteiger partial charge in [-0.25, -0.2) is 18.1 Å². The number of rotatable bonds is 7. The van der Waals surface area contributed by atoms with Gasteiger partial charge in [-0.05, 0) is 31.7 Å². The molecule has 4 aromatic rings. The summed E-state index contributed by atoms with van der Waals surface area (Å²) >= 11 is 0. The molecule has 1 aliphatic rings. The standard InChI is InChI=1S/C26H28FN7O3S/c1-18-7-4-5-10-22(18)24-23(27)25(30-26(29-24)31-38(35,36)21-16-28-33(3)17-21)37-20-9-6-8-19(15-20)34-13-11-32(2)12-14-34/h4-10,15-17H,11-14H2,1-3H3,(H,29,30,31). The number of aryl methyl sites for hydroxylation is 2. The van der Waals surface area contributed by atoms with Crippen LogP contribution in [0, 0.1) is 12.7 Å². The summed E-state index contributed by atoms with van der Waals surface area (Å²) in [5.41, 5.74) is 2.12. The van der Waals surface area contributed by atoms with E-state index < -0.39 is 21.7 Å². The maximum Gasteiger partial charge on any atom is 0.267 e. The van der Waals surface area contributed by atoms with Crippen LogP contribution in [0.2, 0.25) is 0 Å². The average molecular weight is 538 g/mol. The predicted molar refractivity (Wildman–Crippen MR) is 142 cm³/mol. The van der Waals surface area contributed by atoms with Gasteiger partial charge in [0.15, 0.2) is 0 Å². The number of hydrogen-bond donors (Lipinski definition) is 1. The molecule has 1 N–H and O–H groups in total. The summed E-state index contributed by atoms with van der Waals surface area (Å²) in [6.45, 7) is 5.41. The number of aromatic nitrogens is 4. The van der Waals surface area contributed by atoms with Crippen LogP contribution in [0.25, 0.3) is 11.3 Å². The average Bonchev–Trinajstić information content (AvgIpc) is 3.34. The molecule has 0 atom stereocenters. The first-order valence-electron chi connectivity index (χ1n) is 12.1. The number of likely N-dealkylation sites (N-methyl/N-ethyl adjacent to an activating group) is 1. The molecular formula is C26H28FN7O3S. The van der Waals surface area contributed by atoms with Crippen LogP contribution in [0.3, 0.4) is 0 Å². The largest absolute Gasteiger partial charge is 0.436 e. The minimum atomic E-state index is -4.08. The third-order valence-corrected chi connectivity index (χ3v) is 7.62. The van der Waals surface area contributed by atoms with E-state index in [0.29, 0.717) is 11.3 Å². The normalized spacial score (nSPS) is 14.5. The van der Waals surface area contributed by atoms with E-state index in [1.54, 1.807) is 25.2 Å². The molecule has 38 heavy (non-hydrogen) atoms. The first-order chi connectivity index (χ1) is 18.2. The van der Waals surface area contributed by atoms with Gasteiger partial charge < -0.3 is 14.5 Å². The van der Waals surface area contributed by atoms with Gasteiger partial charge in [0, 0.05) is 56.7 Å². The zero-order valence-electron chi connectivity index (χ0n) is 21.3. The van der Waals surface area contributed by atoms with E-state index in [9.17, 15) is 8.42 Å². The van der Waals surface area contributed by atoms with Crippen molar-refractivity contribution in [2.75, 3.05) is 42.8 Å². The highest BCUT2D eigenvalue weighted by atomic mass is 32.2. The number of benzene rings is 2. The molecule has 5 rings (SSSR count). The van der Waals surface area contributed by atoms with Crippen molar-refractivity contribution in [1.29, 1.82) is 0 Å². The minimum absolute atomic E-state index is 0.0762. The molecular weight excluding hydrogens is 509 g/mol. The topological polar surface area (TPSA) is 105 Å². The second kappa shape index (κ2) is 10.4. The van der Waals surface area contributed by atoms with Gasteiger partial charge in [-0.2, -0.15) is 14.5 Å². The zero-order chi connectivity index (χ0) is 26.9. The first-order valence-corrected chi connectivity index (χ1v) is 13.5. The molecule has 3 heterocycles. The molecule has 1 fully saturated rings. The Labute approximate surface area is 220 Å². The van der Waals surface area contributed by atoms with Crippen LogP contribution >= 0.6 is 0 Å². The van der Waals surface area contributed by atoms with Crippen molar-refractivity contribution < 1.29 is 17.5 Å². The van der Waals surface area contributed by atoms with Crippen LogP contribution in [0.1, 0.15) is 5.56 Å². The number of halogens is 1. The molecule has 0 bridgehead atoms. The quantitative estimate of drug-likeness (QED) is 0.381. The number of nitrogens with zero attached hydrogens (tertiary/aromatic N) is 6. The highest BCUT2D eigenvalue weighted by molar-refractivity contribution is 7.92. The van der Waals surface area contributed by atoms with Crippen molar-refractivity contribution >= 4 is 21.7 Å². The lowest BCUT2D eigenvalue weighted by molar-refractivity contribution is 0.312. The Bertz CT molecular complexity index is 1570. The molecule has 1 saturated heterocycles. The predicted octanol–water partition coefficient (Wildman–Crippen LogP) is 3.67. The minimum Gasteiger partial charge on any atom is -0.436 e. The summed E-state index contributed by atoms with van der Waals surface area (Å²) in [5, 5.41) is 3.91. The summed E-state index contributed by atoms with van der Waals surface area (Å²) in [6.07, 6.45) is 2.55. The molecule has 2 aromatic carbocycles. The summed E-state index contributed by atoms with van der Waals surface area (Å²) < 4.78 is 51.3. The zero-order valence-corrected chi connectivity index (χ0v) is 22.1. The van der Waals surface area contributed by atoms with Gasteiger partial charge in [0.1, 0.15) is 16.3 Å². The van der Waals surface area contributed by atoms with Crippen LogP contribution in [-0.4, -0.2) is 66.3 Å². The van der Waals surface area contributed by atoms with Crippen LogP contribution in [0.5, 0.6) is 11.6 Å².